The summed E-state index contributed by atoms with van der Waals surface area (Å²) in [7, 11) is 0. The van der Waals surface area contributed by atoms with Crippen LogP contribution in [0.15, 0.2) is 35.3 Å². The average Bonchev–Trinajstić information content (AvgIpc) is 3.14. The smallest absolute Gasteiger partial charge is 0.321 e. The number of benzene rings is 1. The number of nitrogens with one attached hydrogen (secondary N) is 2. The monoisotopic (exact) mass is 410 g/mol. The minimum atomic E-state index is -0.352. The van der Waals surface area contributed by atoms with Gasteiger partial charge in [-0.05, 0) is 37.1 Å². The number of urea groups is 1. The first kappa shape index (κ1) is 18.8. The Morgan fingerprint density at radius 3 is 2.60 bits per heavy atom. The maximum atomic E-state index is 13.0. The minimum Gasteiger partial charge on any atom is -0.323 e. The number of carbonyl (C=O) groups excluding carboxylic acids is 1. The van der Waals surface area contributed by atoms with Crippen LogP contribution in [0, 0.1) is 5.82 Å². The van der Waals surface area contributed by atoms with E-state index in [4.69, 9.17) is 4.98 Å². The summed E-state index contributed by atoms with van der Waals surface area (Å²) in [6.07, 6.45) is 7.30. The first-order valence-corrected chi connectivity index (χ1v) is 10.4. The van der Waals surface area contributed by atoms with Gasteiger partial charge in [0.05, 0.1) is 18.2 Å². The van der Waals surface area contributed by atoms with Crippen LogP contribution in [0.1, 0.15) is 49.9 Å². The van der Waals surface area contributed by atoms with Crippen LogP contribution in [0.2, 0.25) is 0 Å². The molecule has 156 valence electrons. The molecule has 3 heterocycles. The number of hydrogen-bond acceptors (Lipinski definition) is 4. The van der Waals surface area contributed by atoms with Gasteiger partial charge in [0.2, 0.25) is 0 Å². The molecular weight excluding hydrogens is 387 g/mol. The van der Waals surface area contributed by atoms with Crippen LogP contribution in [0.3, 0.4) is 0 Å². The predicted octanol–water partition coefficient (Wildman–Crippen LogP) is 3.40. The van der Waals surface area contributed by atoms with Gasteiger partial charge in [0, 0.05) is 18.8 Å². The van der Waals surface area contributed by atoms with Crippen molar-refractivity contribution >= 4 is 22.8 Å². The molecule has 9 heteroatoms. The summed E-state index contributed by atoms with van der Waals surface area (Å²) in [6.45, 7) is 0.915. The first-order valence-electron chi connectivity index (χ1n) is 10.4. The van der Waals surface area contributed by atoms with Gasteiger partial charge in [0.15, 0.2) is 5.65 Å². The summed E-state index contributed by atoms with van der Waals surface area (Å²) in [5, 5.41) is 7.71. The van der Waals surface area contributed by atoms with Crippen molar-refractivity contribution in [3.8, 4) is 0 Å². The van der Waals surface area contributed by atoms with Crippen molar-refractivity contribution in [2.75, 3.05) is 18.4 Å². The molecule has 0 unspecified atom stereocenters. The van der Waals surface area contributed by atoms with Gasteiger partial charge in [-0.25, -0.2) is 18.9 Å². The van der Waals surface area contributed by atoms with E-state index < -0.39 is 0 Å². The molecule has 2 fully saturated rings. The highest BCUT2D eigenvalue weighted by atomic mass is 19.1. The molecule has 2 amide bonds. The number of hydrogen-bond donors (Lipinski definition) is 2. The second-order valence-corrected chi connectivity index (χ2v) is 8.11. The SMILES string of the molecule is O=C(Nc1ccc(F)cc1)N1CC(c2nc3c(cnn3C3CCCCC3)c(=O)[nH]2)C1. The largest absolute Gasteiger partial charge is 0.323 e. The van der Waals surface area contributed by atoms with Crippen molar-refractivity contribution in [1.82, 2.24) is 24.6 Å². The van der Waals surface area contributed by atoms with Crippen molar-refractivity contribution in [3.05, 3.63) is 52.5 Å². The predicted molar refractivity (Wildman–Crippen MR) is 110 cm³/mol. The molecule has 0 radical (unpaired) electrons. The van der Waals surface area contributed by atoms with Crippen LogP contribution in [0.4, 0.5) is 14.9 Å². The van der Waals surface area contributed by atoms with E-state index >= 15 is 0 Å². The Bertz CT molecular complexity index is 1130. The van der Waals surface area contributed by atoms with E-state index in [1.807, 2.05) is 4.68 Å². The number of H-pyrrole nitrogens is 1. The van der Waals surface area contributed by atoms with Gasteiger partial charge in [-0.15, -0.1) is 0 Å². The maximum Gasteiger partial charge on any atom is 0.321 e. The van der Waals surface area contributed by atoms with Crippen LogP contribution >= 0.6 is 0 Å². The molecular formula is C21H23FN6O2. The molecule has 1 aromatic carbocycles. The normalized spacial score (nSPS) is 17.8. The van der Waals surface area contributed by atoms with E-state index in [0.29, 0.717) is 35.6 Å². The van der Waals surface area contributed by atoms with Crippen molar-refractivity contribution in [1.29, 1.82) is 0 Å². The van der Waals surface area contributed by atoms with Gasteiger partial charge in [-0.3, -0.25) is 4.79 Å². The highest BCUT2D eigenvalue weighted by Gasteiger charge is 2.34. The van der Waals surface area contributed by atoms with Gasteiger partial charge in [-0.2, -0.15) is 5.10 Å². The van der Waals surface area contributed by atoms with Crippen molar-refractivity contribution < 1.29 is 9.18 Å². The average molecular weight is 410 g/mol. The second-order valence-electron chi connectivity index (χ2n) is 8.11. The molecule has 0 bridgehead atoms. The number of halogens is 1. The Labute approximate surface area is 172 Å². The van der Waals surface area contributed by atoms with E-state index in [1.165, 1.54) is 43.5 Å². The van der Waals surface area contributed by atoms with Crippen LogP contribution in [-0.2, 0) is 0 Å². The third-order valence-electron chi connectivity index (χ3n) is 6.05. The zero-order valence-corrected chi connectivity index (χ0v) is 16.5. The first-order chi connectivity index (χ1) is 14.6. The van der Waals surface area contributed by atoms with Gasteiger partial charge in [0.1, 0.15) is 17.0 Å². The standard InChI is InChI=1S/C21H23FN6O2/c22-14-6-8-15(9-7-14)24-21(30)27-11-13(12-27)18-25-19-17(20(29)26-18)10-23-28(19)16-4-2-1-3-5-16/h6-10,13,16H,1-5,11-12H2,(H,24,30)(H,25,26,29). The van der Waals surface area contributed by atoms with Gasteiger partial charge < -0.3 is 15.2 Å². The number of likely N-dealkylation sites (tertiary alicyclic amines) is 1. The molecule has 1 saturated heterocycles. The minimum absolute atomic E-state index is 0.0317. The quantitative estimate of drug-likeness (QED) is 0.692. The Hall–Kier alpha value is -3.23. The molecule has 1 aliphatic heterocycles. The molecule has 1 aliphatic carbocycles. The Morgan fingerprint density at radius 2 is 1.87 bits per heavy atom. The lowest BCUT2D eigenvalue weighted by Gasteiger charge is -2.38. The summed E-state index contributed by atoms with van der Waals surface area (Å²) < 4.78 is 14.9. The number of nitrogens with zero attached hydrogens (tertiary/aromatic N) is 4. The van der Waals surface area contributed by atoms with Crippen molar-refractivity contribution in [2.45, 2.75) is 44.1 Å². The summed E-state index contributed by atoms with van der Waals surface area (Å²) in [5.74, 6) is 0.210. The topological polar surface area (TPSA) is 95.9 Å². The molecule has 1 saturated carbocycles. The number of aromatic amines is 1. The van der Waals surface area contributed by atoms with E-state index in [1.54, 1.807) is 11.1 Å². The fourth-order valence-corrected chi connectivity index (χ4v) is 4.29. The van der Waals surface area contributed by atoms with E-state index in [9.17, 15) is 14.0 Å². The van der Waals surface area contributed by atoms with E-state index in [0.717, 1.165) is 12.8 Å². The number of amides is 2. The fourth-order valence-electron chi connectivity index (χ4n) is 4.29. The number of carbonyl (C=O) groups is 1. The van der Waals surface area contributed by atoms with Crippen molar-refractivity contribution in [3.63, 3.8) is 0 Å². The molecule has 0 spiro atoms. The van der Waals surface area contributed by atoms with Crippen LogP contribution in [0.25, 0.3) is 11.0 Å². The molecule has 2 N–H and O–H groups in total. The molecule has 5 rings (SSSR count). The summed E-state index contributed by atoms with van der Waals surface area (Å²) >= 11 is 0. The summed E-state index contributed by atoms with van der Waals surface area (Å²) in [4.78, 5) is 34.1. The fraction of sp³-hybridized carbons (Fsp3) is 0.429. The summed E-state index contributed by atoms with van der Waals surface area (Å²) in [5.41, 5.74) is 0.982. The number of fused-ring (bicyclic) bond motifs is 1. The Balaban J connectivity index is 1.30. The molecule has 3 aromatic rings. The number of rotatable bonds is 3. The van der Waals surface area contributed by atoms with Gasteiger partial charge >= 0.3 is 6.03 Å². The molecule has 0 atom stereocenters. The zero-order valence-electron chi connectivity index (χ0n) is 16.5. The number of anilines is 1. The van der Waals surface area contributed by atoms with Crippen LogP contribution in [0.5, 0.6) is 0 Å². The highest BCUT2D eigenvalue weighted by molar-refractivity contribution is 5.90. The third-order valence-corrected chi connectivity index (χ3v) is 6.05. The van der Waals surface area contributed by atoms with Gasteiger partial charge in [0.25, 0.3) is 5.56 Å². The lowest BCUT2D eigenvalue weighted by atomic mass is 9.96. The number of aromatic nitrogens is 4. The third kappa shape index (κ3) is 3.44. The lowest BCUT2D eigenvalue weighted by molar-refractivity contribution is 0.161. The molecule has 2 aromatic heterocycles. The van der Waals surface area contributed by atoms with Crippen LogP contribution < -0.4 is 10.9 Å². The van der Waals surface area contributed by atoms with Gasteiger partial charge in [-0.1, -0.05) is 19.3 Å². The molecule has 30 heavy (non-hydrogen) atoms. The maximum absolute atomic E-state index is 13.0. The van der Waals surface area contributed by atoms with E-state index in [2.05, 4.69) is 15.4 Å². The van der Waals surface area contributed by atoms with E-state index in [-0.39, 0.29) is 29.4 Å². The second kappa shape index (κ2) is 7.55. The molecule has 8 nitrogen and oxygen atoms in total. The Kier molecular flexibility index (Phi) is 4.72. The van der Waals surface area contributed by atoms with Crippen LogP contribution in [-0.4, -0.2) is 43.8 Å². The lowest BCUT2D eigenvalue weighted by Crippen LogP contribution is -2.51. The zero-order chi connectivity index (χ0) is 20.7. The molecule has 2 aliphatic rings. The highest BCUT2D eigenvalue weighted by Crippen LogP contribution is 2.30. The Morgan fingerprint density at radius 1 is 1.13 bits per heavy atom. The summed E-state index contributed by atoms with van der Waals surface area (Å²) in [6, 6.07) is 5.67. The van der Waals surface area contributed by atoms with Crippen molar-refractivity contribution in [2.24, 2.45) is 0 Å².